The lowest BCUT2D eigenvalue weighted by Crippen LogP contribution is -2.43. The van der Waals surface area contributed by atoms with Gasteiger partial charge in [-0.05, 0) is 14.1 Å². The molecule has 0 radical (unpaired) electrons. The maximum atomic E-state index is 11.4. The van der Waals surface area contributed by atoms with Crippen molar-refractivity contribution in [1.29, 1.82) is 0 Å². The number of nitrogens with zero attached hydrogens (tertiary/aromatic N) is 1. The first kappa shape index (κ1) is 14.0. The molecule has 1 aliphatic heterocycles. The van der Waals surface area contributed by atoms with Crippen LogP contribution in [0.25, 0.3) is 0 Å². The average molecular weight is 240 g/mol. The molecule has 1 atom stereocenters. The molecule has 84 valence electrons. The molecule has 0 aromatic heterocycles. The van der Waals surface area contributed by atoms with Gasteiger partial charge in [-0.15, -0.1) is 24.2 Å². The number of carbonyl (C=O) groups excluding carboxylic acids is 1. The van der Waals surface area contributed by atoms with Crippen LogP contribution in [0.3, 0.4) is 0 Å². The van der Waals surface area contributed by atoms with Crippen LogP contribution in [0.1, 0.15) is 0 Å². The van der Waals surface area contributed by atoms with Crippen LogP contribution < -0.4 is 10.6 Å². The minimum absolute atomic E-state index is 0. The van der Waals surface area contributed by atoms with Crippen molar-refractivity contribution in [2.24, 2.45) is 0 Å². The fourth-order valence-electron chi connectivity index (χ4n) is 1.09. The van der Waals surface area contributed by atoms with Gasteiger partial charge < -0.3 is 10.2 Å². The monoisotopic (exact) mass is 239 g/mol. The lowest BCUT2D eigenvalue weighted by atomic mass is 10.3. The van der Waals surface area contributed by atoms with Crippen LogP contribution in [-0.2, 0) is 4.79 Å². The standard InChI is InChI=1S/C8H17N3OS.ClH/c1-11(2)4-3-9-8(12)7-5-13-6-10-7;/h7,10H,3-6H2,1-2H3,(H,9,12);1H/t7-;/m1./s1. The van der Waals surface area contributed by atoms with Crippen LogP contribution in [0.2, 0.25) is 0 Å². The van der Waals surface area contributed by atoms with Crippen LogP contribution in [0.4, 0.5) is 0 Å². The molecule has 0 aromatic rings. The highest BCUT2D eigenvalue weighted by molar-refractivity contribution is 7.99. The molecule has 0 aromatic carbocycles. The first-order valence-corrected chi connectivity index (χ1v) is 5.59. The third-order valence-corrected chi connectivity index (χ3v) is 2.83. The summed E-state index contributed by atoms with van der Waals surface area (Å²) in [5.41, 5.74) is 0. The maximum Gasteiger partial charge on any atom is 0.238 e. The van der Waals surface area contributed by atoms with Gasteiger partial charge in [0.2, 0.25) is 5.91 Å². The van der Waals surface area contributed by atoms with E-state index in [0.717, 1.165) is 24.7 Å². The van der Waals surface area contributed by atoms with Crippen molar-refractivity contribution in [1.82, 2.24) is 15.5 Å². The second-order valence-corrected chi connectivity index (χ2v) is 4.40. The van der Waals surface area contributed by atoms with E-state index in [2.05, 4.69) is 15.5 Å². The summed E-state index contributed by atoms with van der Waals surface area (Å²) in [6.45, 7) is 1.63. The fraction of sp³-hybridized carbons (Fsp3) is 0.875. The van der Waals surface area contributed by atoms with E-state index in [9.17, 15) is 4.79 Å². The molecule has 1 aliphatic rings. The Labute approximate surface area is 95.6 Å². The molecule has 0 spiro atoms. The zero-order chi connectivity index (χ0) is 9.68. The van der Waals surface area contributed by atoms with Gasteiger partial charge in [-0.25, -0.2) is 0 Å². The SMILES string of the molecule is CN(C)CCNC(=O)[C@H]1CSCN1.Cl. The first-order chi connectivity index (χ1) is 6.20. The summed E-state index contributed by atoms with van der Waals surface area (Å²) in [4.78, 5) is 13.5. The Morgan fingerprint density at radius 2 is 2.36 bits per heavy atom. The summed E-state index contributed by atoms with van der Waals surface area (Å²) < 4.78 is 0. The second kappa shape index (κ2) is 7.34. The van der Waals surface area contributed by atoms with Gasteiger partial charge in [-0.3, -0.25) is 10.1 Å². The third kappa shape index (κ3) is 5.05. The lowest BCUT2D eigenvalue weighted by molar-refractivity contribution is -0.122. The van der Waals surface area contributed by atoms with E-state index in [0.29, 0.717) is 0 Å². The summed E-state index contributed by atoms with van der Waals surface area (Å²) in [5.74, 6) is 1.92. The van der Waals surface area contributed by atoms with Gasteiger partial charge in [-0.1, -0.05) is 0 Å². The minimum atomic E-state index is 0. The second-order valence-electron chi connectivity index (χ2n) is 3.37. The number of hydrogen-bond acceptors (Lipinski definition) is 4. The van der Waals surface area contributed by atoms with E-state index in [1.807, 2.05) is 14.1 Å². The normalized spacial score (nSPS) is 20.6. The van der Waals surface area contributed by atoms with Gasteiger partial charge in [0, 0.05) is 24.7 Å². The van der Waals surface area contributed by atoms with Gasteiger partial charge in [0.05, 0.1) is 6.04 Å². The number of thioether (sulfide) groups is 1. The van der Waals surface area contributed by atoms with Gasteiger partial charge in [0.1, 0.15) is 0 Å². The van der Waals surface area contributed by atoms with Crippen molar-refractivity contribution < 1.29 is 4.79 Å². The molecule has 6 heteroatoms. The van der Waals surface area contributed by atoms with Crippen molar-refractivity contribution in [3.8, 4) is 0 Å². The molecule has 0 saturated carbocycles. The number of likely N-dealkylation sites (N-methyl/N-ethyl adjacent to an activating group) is 1. The third-order valence-electron chi connectivity index (χ3n) is 1.89. The highest BCUT2D eigenvalue weighted by Gasteiger charge is 2.21. The summed E-state index contributed by atoms with van der Waals surface area (Å²) in [6.07, 6.45) is 0. The molecule has 0 unspecified atom stereocenters. The number of rotatable bonds is 4. The topological polar surface area (TPSA) is 44.4 Å². The number of halogens is 1. The summed E-state index contributed by atoms with van der Waals surface area (Å²) in [5, 5.41) is 6.03. The molecule has 1 saturated heterocycles. The van der Waals surface area contributed by atoms with Crippen molar-refractivity contribution in [2.45, 2.75) is 6.04 Å². The molecule has 14 heavy (non-hydrogen) atoms. The van der Waals surface area contributed by atoms with Gasteiger partial charge in [-0.2, -0.15) is 0 Å². The smallest absolute Gasteiger partial charge is 0.238 e. The van der Waals surface area contributed by atoms with Crippen molar-refractivity contribution in [3.05, 3.63) is 0 Å². The van der Waals surface area contributed by atoms with E-state index in [1.165, 1.54) is 0 Å². The van der Waals surface area contributed by atoms with Crippen LogP contribution in [0.15, 0.2) is 0 Å². The zero-order valence-electron chi connectivity index (χ0n) is 8.58. The van der Waals surface area contributed by atoms with Crippen LogP contribution in [0.5, 0.6) is 0 Å². The van der Waals surface area contributed by atoms with E-state index in [1.54, 1.807) is 11.8 Å². The predicted molar refractivity (Wildman–Crippen MR) is 63.1 cm³/mol. The molecule has 0 bridgehead atoms. The van der Waals surface area contributed by atoms with Gasteiger partial charge in [0.25, 0.3) is 0 Å². The van der Waals surface area contributed by atoms with E-state index in [-0.39, 0.29) is 24.4 Å². The molecule has 1 heterocycles. The Balaban J connectivity index is 0.00000169. The molecular weight excluding hydrogens is 222 g/mol. The largest absolute Gasteiger partial charge is 0.353 e. The number of amides is 1. The first-order valence-electron chi connectivity index (χ1n) is 4.43. The predicted octanol–water partition coefficient (Wildman–Crippen LogP) is -0.251. The molecular formula is C8H18ClN3OS. The molecule has 1 fully saturated rings. The van der Waals surface area contributed by atoms with Gasteiger partial charge in [0.15, 0.2) is 0 Å². The Morgan fingerprint density at radius 1 is 1.64 bits per heavy atom. The summed E-state index contributed by atoms with van der Waals surface area (Å²) >= 11 is 1.77. The Kier molecular flexibility index (Phi) is 7.35. The highest BCUT2D eigenvalue weighted by atomic mass is 35.5. The quantitative estimate of drug-likeness (QED) is 0.710. The maximum absolute atomic E-state index is 11.4. The average Bonchev–Trinajstić information content (AvgIpc) is 2.55. The molecule has 1 rings (SSSR count). The van der Waals surface area contributed by atoms with Gasteiger partial charge >= 0.3 is 0 Å². The van der Waals surface area contributed by atoms with E-state index in [4.69, 9.17) is 0 Å². The number of nitrogens with one attached hydrogen (secondary N) is 2. The molecule has 2 N–H and O–H groups in total. The molecule has 1 amide bonds. The number of carbonyl (C=O) groups is 1. The Hall–Kier alpha value is 0.0300. The van der Waals surface area contributed by atoms with Crippen LogP contribution in [-0.4, -0.2) is 55.7 Å². The Bertz CT molecular complexity index is 174. The van der Waals surface area contributed by atoms with E-state index < -0.39 is 0 Å². The van der Waals surface area contributed by atoms with Crippen molar-refractivity contribution >= 4 is 30.1 Å². The summed E-state index contributed by atoms with van der Waals surface area (Å²) in [7, 11) is 3.99. The van der Waals surface area contributed by atoms with Crippen LogP contribution in [0, 0.1) is 0 Å². The fourth-order valence-corrected chi connectivity index (χ4v) is 2.03. The highest BCUT2D eigenvalue weighted by Crippen LogP contribution is 2.08. The van der Waals surface area contributed by atoms with Crippen molar-refractivity contribution in [3.63, 3.8) is 0 Å². The molecule has 4 nitrogen and oxygen atoms in total. The minimum Gasteiger partial charge on any atom is -0.353 e. The lowest BCUT2D eigenvalue weighted by Gasteiger charge is -2.13. The summed E-state index contributed by atoms with van der Waals surface area (Å²) in [6, 6.07) is 0.0205. The molecule has 0 aliphatic carbocycles. The van der Waals surface area contributed by atoms with Crippen molar-refractivity contribution in [2.75, 3.05) is 38.8 Å². The zero-order valence-corrected chi connectivity index (χ0v) is 10.2. The Morgan fingerprint density at radius 3 is 2.86 bits per heavy atom. The van der Waals surface area contributed by atoms with E-state index >= 15 is 0 Å². The number of hydrogen-bond donors (Lipinski definition) is 2. The van der Waals surface area contributed by atoms with Crippen LogP contribution >= 0.6 is 24.2 Å².